The van der Waals surface area contributed by atoms with Crippen molar-refractivity contribution in [3.05, 3.63) is 77.6 Å². The van der Waals surface area contributed by atoms with Crippen molar-refractivity contribution in [1.82, 2.24) is 0 Å². The molecule has 2 aromatic rings. The van der Waals surface area contributed by atoms with Crippen molar-refractivity contribution in [2.75, 3.05) is 0 Å². The number of rotatable bonds is 2. The molecule has 2 aromatic carbocycles. The summed E-state index contributed by atoms with van der Waals surface area (Å²) in [5.74, 6) is 1.77. The van der Waals surface area contributed by atoms with Crippen LogP contribution in [0.3, 0.4) is 0 Å². The maximum absolute atomic E-state index is 5.91. The van der Waals surface area contributed by atoms with Crippen LogP contribution in [0.15, 0.2) is 66.4 Å². The van der Waals surface area contributed by atoms with Gasteiger partial charge in [0.1, 0.15) is 23.7 Å². The molecule has 2 bridgehead atoms. The van der Waals surface area contributed by atoms with Crippen molar-refractivity contribution in [2.45, 2.75) is 12.2 Å². The molecule has 2 heterocycles. The Morgan fingerprint density at radius 1 is 0.833 bits per heavy atom. The Balaban J connectivity index is 1.66. The van der Waals surface area contributed by atoms with E-state index >= 15 is 0 Å². The zero-order valence-electron chi connectivity index (χ0n) is 9.74. The van der Waals surface area contributed by atoms with Crippen LogP contribution in [0, 0.1) is 0 Å². The molecular formula is C16H12O2. The average Bonchev–Trinajstić information content (AvgIpc) is 2.99. The Labute approximate surface area is 105 Å². The van der Waals surface area contributed by atoms with Crippen LogP contribution in [-0.2, 0) is 4.74 Å². The molecule has 0 aliphatic carbocycles. The first-order chi connectivity index (χ1) is 8.92. The van der Waals surface area contributed by atoms with Gasteiger partial charge in [-0.1, -0.05) is 42.5 Å². The highest BCUT2D eigenvalue weighted by molar-refractivity contribution is 5.45. The first-order valence-corrected chi connectivity index (χ1v) is 6.11. The molecule has 0 N–H and O–H groups in total. The molecule has 0 saturated heterocycles. The standard InChI is InChI=1S/C16H12O2/c1-2-6-11(7-3-1)17-15-10-14-12-8-4-5-9-13(12)16(15)18-14/h1-10,14,16H. The molecule has 0 fully saturated rings. The van der Waals surface area contributed by atoms with Gasteiger partial charge < -0.3 is 9.47 Å². The van der Waals surface area contributed by atoms with E-state index in [1.54, 1.807) is 0 Å². The Morgan fingerprint density at radius 3 is 2.39 bits per heavy atom. The average molecular weight is 236 g/mol. The molecule has 18 heavy (non-hydrogen) atoms. The third-order valence-corrected chi connectivity index (χ3v) is 3.42. The van der Waals surface area contributed by atoms with E-state index in [4.69, 9.17) is 9.47 Å². The van der Waals surface area contributed by atoms with E-state index in [9.17, 15) is 0 Å². The van der Waals surface area contributed by atoms with Crippen molar-refractivity contribution in [3.63, 3.8) is 0 Å². The fourth-order valence-electron chi connectivity index (χ4n) is 2.60. The van der Waals surface area contributed by atoms with Crippen LogP contribution in [0.1, 0.15) is 23.3 Å². The third kappa shape index (κ3) is 1.39. The second-order valence-corrected chi connectivity index (χ2v) is 4.55. The van der Waals surface area contributed by atoms with Gasteiger partial charge in [-0.25, -0.2) is 0 Å². The van der Waals surface area contributed by atoms with Gasteiger partial charge in [0.05, 0.1) is 0 Å². The lowest BCUT2D eigenvalue weighted by atomic mass is 9.96. The number of para-hydroxylation sites is 1. The number of hydrogen-bond acceptors (Lipinski definition) is 2. The van der Waals surface area contributed by atoms with Crippen LogP contribution in [0.4, 0.5) is 0 Å². The van der Waals surface area contributed by atoms with Crippen LogP contribution < -0.4 is 4.74 Å². The van der Waals surface area contributed by atoms with Gasteiger partial charge in [-0.2, -0.15) is 0 Å². The number of benzene rings is 2. The summed E-state index contributed by atoms with van der Waals surface area (Å²) in [7, 11) is 0. The van der Waals surface area contributed by atoms with Gasteiger partial charge in [-0.05, 0) is 29.3 Å². The Bertz CT molecular complexity index is 616. The molecule has 0 radical (unpaired) electrons. The predicted octanol–water partition coefficient (Wildman–Crippen LogP) is 3.78. The zero-order chi connectivity index (χ0) is 11.9. The normalized spacial score (nSPS) is 23.7. The van der Waals surface area contributed by atoms with E-state index in [1.165, 1.54) is 11.1 Å². The van der Waals surface area contributed by atoms with Gasteiger partial charge in [0.2, 0.25) is 0 Å². The molecule has 2 aliphatic rings. The molecule has 2 heteroatoms. The van der Waals surface area contributed by atoms with Crippen molar-refractivity contribution in [3.8, 4) is 5.75 Å². The number of hydrogen-bond donors (Lipinski definition) is 0. The summed E-state index contributed by atoms with van der Waals surface area (Å²) in [6.45, 7) is 0. The molecule has 0 saturated carbocycles. The highest BCUT2D eigenvalue weighted by Gasteiger charge is 2.40. The van der Waals surface area contributed by atoms with E-state index in [1.807, 2.05) is 36.4 Å². The summed E-state index contributed by atoms with van der Waals surface area (Å²) in [5.41, 5.74) is 2.50. The van der Waals surface area contributed by atoms with Crippen LogP contribution in [0.5, 0.6) is 5.75 Å². The van der Waals surface area contributed by atoms with Gasteiger partial charge in [-0.3, -0.25) is 0 Å². The molecular weight excluding hydrogens is 224 g/mol. The minimum absolute atomic E-state index is 0.0357. The van der Waals surface area contributed by atoms with E-state index in [2.05, 4.69) is 24.3 Å². The SMILES string of the molecule is C1=C(Oc2ccccc2)C2OC1c1ccccc12. The molecule has 4 rings (SSSR count). The van der Waals surface area contributed by atoms with Crippen molar-refractivity contribution >= 4 is 0 Å². The summed E-state index contributed by atoms with van der Waals surface area (Å²) in [6, 6.07) is 18.2. The zero-order valence-corrected chi connectivity index (χ0v) is 9.74. The minimum Gasteiger partial charge on any atom is -0.459 e. The second-order valence-electron chi connectivity index (χ2n) is 4.55. The lowest BCUT2D eigenvalue weighted by molar-refractivity contribution is 0.0681. The fraction of sp³-hybridized carbons (Fsp3) is 0.125. The lowest BCUT2D eigenvalue weighted by Crippen LogP contribution is -2.05. The van der Waals surface area contributed by atoms with Gasteiger partial charge in [0.15, 0.2) is 0 Å². The van der Waals surface area contributed by atoms with E-state index in [-0.39, 0.29) is 12.2 Å². The lowest BCUT2D eigenvalue weighted by Gasteiger charge is -2.15. The molecule has 2 nitrogen and oxygen atoms in total. The molecule has 2 unspecified atom stereocenters. The van der Waals surface area contributed by atoms with Gasteiger partial charge in [0, 0.05) is 0 Å². The predicted molar refractivity (Wildman–Crippen MR) is 68.2 cm³/mol. The van der Waals surface area contributed by atoms with Crippen LogP contribution in [0.2, 0.25) is 0 Å². The fourth-order valence-corrected chi connectivity index (χ4v) is 2.60. The molecule has 0 aromatic heterocycles. The molecule has 2 atom stereocenters. The highest BCUT2D eigenvalue weighted by Crippen LogP contribution is 2.49. The van der Waals surface area contributed by atoms with Crippen LogP contribution in [-0.4, -0.2) is 0 Å². The number of ether oxygens (including phenoxy) is 2. The second kappa shape index (κ2) is 3.72. The van der Waals surface area contributed by atoms with Crippen LogP contribution in [0.25, 0.3) is 0 Å². The van der Waals surface area contributed by atoms with Crippen molar-refractivity contribution in [2.24, 2.45) is 0 Å². The van der Waals surface area contributed by atoms with E-state index in [0.717, 1.165) is 11.5 Å². The minimum atomic E-state index is -0.0357. The maximum Gasteiger partial charge on any atom is 0.142 e. The van der Waals surface area contributed by atoms with Crippen LogP contribution >= 0.6 is 0 Å². The molecule has 2 aliphatic heterocycles. The molecule has 0 amide bonds. The molecule has 0 spiro atoms. The van der Waals surface area contributed by atoms with E-state index in [0.29, 0.717) is 0 Å². The molecule has 88 valence electrons. The summed E-state index contributed by atoms with van der Waals surface area (Å²) < 4.78 is 11.8. The summed E-state index contributed by atoms with van der Waals surface area (Å²) in [6.07, 6.45) is 2.09. The quantitative estimate of drug-likeness (QED) is 0.790. The highest BCUT2D eigenvalue weighted by atomic mass is 16.6. The number of fused-ring (bicyclic) bond motifs is 5. The summed E-state index contributed by atoms with van der Waals surface area (Å²) >= 11 is 0. The Morgan fingerprint density at radius 2 is 1.56 bits per heavy atom. The third-order valence-electron chi connectivity index (χ3n) is 3.42. The van der Waals surface area contributed by atoms with Gasteiger partial charge in [0.25, 0.3) is 0 Å². The smallest absolute Gasteiger partial charge is 0.142 e. The first kappa shape index (κ1) is 9.92. The van der Waals surface area contributed by atoms with Gasteiger partial charge in [-0.15, -0.1) is 0 Å². The summed E-state index contributed by atoms with van der Waals surface area (Å²) in [4.78, 5) is 0. The summed E-state index contributed by atoms with van der Waals surface area (Å²) in [5, 5.41) is 0. The maximum atomic E-state index is 5.91. The van der Waals surface area contributed by atoms with Crippen molar-refractivity contribution in [1.29, 1.82) is 0 Å². The monoisotopic (exact) mass is 236 g/mol. The Hall–Kier alpha value is -2.06. The van der Waals surface area contributed by atoms with Gasteiger partial charge >= 0.3 is 0 Å². The van der Waals surface area contributed by atoms with E-state index < -0.39 is 0 Å². The Kier molecular flexibility index (Phi) is 2.05. The first-order valence-electron chi connectivity index (χ1n) is 6.11. The largest absolute Gasteiger partial charge is 0.459 e. The van der Waals surface area contributed by atoms with Crippen molar-refractivity contribution < 1.29 is 9.47 Å². The topological polar surface area (TPSA) is 18.5 Å².